The number of carbonyl (C=O) groups excluding carboxylic acids is 1. The summed E-state index contributed by atoms with van der Waals surface area (Å²) in [5.74, 6) is 0.666. The van der Waals surface area contributed by atoms with E-state index in [2.05, 4.69) is 29.2 Å². The monoisotopic (exact) mass is 358 g/mol. The topological polar surface area (TPSA) is 95.4 Å². The molecule has 2 unspecified atom stereocenters. The summed E-state index contributed by atoms with van der Waals surface area (Å²) in [6.07, 6.45) is 3.41. The summed E-state index contributed by atoms with van der Waals surface area (Å²) in [4.78, 5) is 12.6. The third-order valence-electron chi connectivity index (χ3n) is 4.84. The second kappa shape index (κ2) is 8.99. The highest BCUT2D eigenvalue weighted by Gasteiger charge is 2.34. The van der Waals surface area contributed by atoms with Crippen LogP contribution in [0.1, 0.15) is 38.2 Å². The zero-order chi connectivity index (χ0) is 18.4. The third kappa shape index (κ3) is 4.73. The molecule has 2 heterocycles. The fourth-order valence-electron chi connectivity index (χ4n) is 3.39. The summed E-state index contributed by atoms with van der Waals surface area (Å²) in [6, 6.07) is 9.08. The second-order valence-corrected chi connectivity index (χ2v) is 6.83. The molecular weight excluding hydrogens is 332 g/mol. The minimum absolute atomic E-state index is 0.00330. The zero-order valence-electron chi connectivity index (χ0n) is 15.0. The Balaban J connectivity index is 1.56. The summed E-state index contributed by atoms with van der Waals surface area (Å²) >= 11 is 0. The Morgan fingerprint density at radius 1 is 1.38 bits per heavy atom. The molecule has 0 aromatic heterocycles. The Labute approximate surface area is 154 Å². The van der Waals surface area contributed by atoms with Gasteiger partial charge in [0.15, 0.2) is 0 Å². The molecule has 0 spiro atoms. The molecule has 26 heavy (non-hydrogen) atoms. The Morgan fingerprint density at radius 2 is 2.19 bits per heavy atom. The molecule has 1 aromatic rings. The molecule has 2 aliphatic heterocycles. The Bertz CT molecular complexity index is 643. The van der Waals surface area contributed by atoms with Crippen LogP contribution in [-0.2, 0) is 9.53 Å². The molecule has 2 fully saturated rings. The van der Waals surface area contributed by atoms with Gasteiger partial charge in [-0.2, -0.15) is 5.26 Å². The highest BCUT2D eigenvalue weighted by Crippen LogP contribution is 2.19. The lowest BCUT2D eigenvalue weighted by molar-refractivity contribution is -0.125. The minimum Gasteiger partial charge on any atom is -0.486 e. The predicted octanol–water partition coefficient (Wildman–Crippen LogP) is 1.25. The number of amides is 1. The lowest BCUT2D eigenvalue weighted by atomic mass is 10.0. The SMILES string of the molecule is CCCC1CC(C(=O)N[C@@H]2CCOC[C@H]2Oc2ccc(C#N)cc2)NN1. The predicted molar refractivity (Wildman–Crippen MR) is 96.3 cm³/mol. The summed E-state index contributed by atoms with van der Waals surface area (Å²) in [5.41, 5.74) is 6.87. The van der Waals surface area contributed by atoms with Crippen molar-refractivity contribution >= 4 is 5.91 Å². The molecule has 0 aliphatic carbocycles. The third-order valence-corrected chi connectivity index (χ3v) is 4.84. The van der Waals surface area contributed by atoms with Gasteiger partial charge in [-0.15, -0.1) is 0 Å². The first-order chi connectivity index (χ1) is 12.7. The molecule has 7 heteroatoms. The highest BCUT2D eigenvalue weighted by molar-refractivity contribution is 5.82. The molecule has 3 N–H and O–H groups in total. The number of hydrazine groups is 1. The van der Waals surface area contributed by atoms with Crippen molar-refractivity contribution in [3.63, 3.8) is 0 Å². The maximum atomic E-state index is 12.6. The first-order valence-corrected chi connectivity index (χ1v) is 9.25. The van der Waals surface area contributed by atoms with Gasteiger partial charge in [0.1, 0.15) is 17.9 Å². The number of hydrogen-bond donors (Lipinski definition) is 3. The molecule has 3 rings (SSSR count). The van der Waals surface area contributed by atoms with Gasteiger partial charge in [-0.05, 0) is 43.5 Å². The van der Waals surface area contributed by atoms with Gasteiger partial charge < -0.3 is 14.8 Å². The molecule has 140 valence electrons. The van der Waals surface area contributed by atoms with Crippen LogP contribution in [0, 0.1) is 11.3 Å². The standard InChI is InChI=1S/C19H26N4O3/c1-2-3-14-10-17(23-22-14)19(24)21-16-8-9-25-12-18(16)26-15-6-4-13(11-20)5-7-15/h4-7,14,16-18,22-23H,2-3,8-10,12H2,1H3,(H,21,24)/t14?,16-,17?,18-/m1/s1. The number of benzene rings is 1. The van der Waals surface area contributed by atoms with Crippen LogP contribution < -0.4 is 20.9 Å². The Hall–Kier alpha value is -2.14. The van der Waals surface area contributed by atoms with E-state index >= 15 is 0 Å². The van der Waals surface area contributed by atoms with E-state index in [0.717, 1.165) is 19.3 Å². The normalized spacial score (nSPS) is 28.3. The van der Waals surface area contributed by atoms with Crippen LogP contribution >= 0.6 is 0 Å². The van der Waals surface area contributed by atoms with Gasteiger partial charge >= 0.3 is 0 Å². The van der Waals surface area contributed by atoms with Crippen LogP contribution in [0.15, 0.2) is 24.3 Å². The van der Waals surface area contributed by atoms with Crippen molar-refractivity contribution < 1.29 is 14.3 Å². The smallest absolute Gasteiger partial charge is 0.238 e. The van der Waals surface area contributed by atoms with Crippen LogP contribution in [0.3, 0.4) is 0 Å². The number of nitriles is 1. The van der Waals surface area contributed by atoms with Crippen LogP contribution in [0.2, 0.25) is 0 Å². The van der Waals surface area contributed by atoms with Crippen molar-refractivity contribution in [3.8, 4) is 11.8 Å². The first kappa shape index (κ1) is 18.6. The largest absolute Gasteiger partial charge is 0.486 e. The molecule has 0 saturated carbocycles. The Kier molecular flexibility index (Phi) is 6.45. The van der Waals surface area contributed by atoms with E-state index in [1.54, 1.807) is 24.3 Å². The Morgan fingerprint density at radius 3 is 2.92 bits per heavy atom. The summed E-state index contributed by atoms with van der Waals surface area (Å²) in [7, 11) is 0. The summed E-state index contributed by atoms with van der Waals surface area (Å²) in [6.45, 7) is 3.18. The van der Waals surface area contributed by atoms with Gasteiger partial charge in [-0.25, -0.2) is 5.43 Å². The van der Waals surface area contributed by atoms with Gasteiger partial charge in [0, 0.05) is 12.6 Å². The van der Waals surface area contributed by atoms with Crippen molar-refractivity contribution in [3.05, 3.63) is 29.8 Å². The van der Waals surface area contributed by atoms with Crippen molar-refractivity contribution in [1.82, 2.24) is 16.2 Å². The molecule has 2 aliphatic rings. The number of rotatable bonds is 6. The molecule has 4 atom stereocenters. The van der Waals surface area contributed by atoms with E-state index in [0.29, 0.717) is 37.0 Å². The van der Waals surface area contributed by atoms with Gasteiger partial charge in [0.05, 0.1) is 24.3 Å². The van der Waals surface area contributed by atoms with E-state index in [4.69, 9.17) is 14.7 Å². The fourth-order valence-corrected chi connectivity index (χ4v) is 3.39. The highest BCUT2D eigenvalue weighted by atomic mass is 16.5. The zero-order valence-corrected chi connectivity index (χ0v) is 15.0. The molecule has 0 radical (unpaired) electrons. The molecular formula is C19H26N4O3. The first-order valence-electron chi connectivity index (χ1n) is 9.25. The van der Waals surface area contributed by atoms with Crippen molar-refractivity contribution in [2.45, 2.75) is 56.8 Å². The van der Waals surface area contributed by atoms with E-state index in [1.807, 2.05) is 0 Å². The lowest BCUT2D eigenvalue weighted by Gasteiger charge is -2.33. The maximum absolute atomic E-state index is 12.6. The molecule has 7 nitrogen and oxygen atoms in total. The average Bonchev–Trinajstić information content (AvgIpc) is 3.13. The average molecular weight is 358 g/mol. The van der Waals surface area contributed by atoms with E-state index in [9.17, 15) is 4.79 Å². The van der Waals surface area contributed by atoms with Gasteiger partial charge in [-0.3, -0.25) is 10.2 Å². The molecule has 1 aromatic carbocycles. The van der Waals surface area contributed by atoms with Gasteiger partial charge in [0.25, 0.3) is 0 Å². The number of carbonyl (C=O) groups is 1. The van der Waals surface area contributed by atoms with Crippen LogP contribution in [0.25, 0.3) is 0 Å². The summed E-state index contributed by atoms with van der Waals surface area (Å²) in [5, 5.41) is 12.0. The number of ether oxygens (including phenoxy) is 2. The number of nitrogens with zero attached hydrogens (tertiary/aromatic N) is 1. The van der Waals surface area contributed by atoms with E-state index < -0.39 is 0 Å². The summed E-state index contributed by atoms with van der Waals surface area (Å²) < 4.78 is 11.5. The van der Waals surface area contributed by atoms with Gasteiger partial charge in [-0.1, -0.05) is 13.3 Å². The second-order valence-electron chi connectivity index (χ2n) is 6.83. The maximum Gasteiger partial charge on any atom is 0.238 e. The van der Waals surface area contributed by atoms with Crippen LogP contribution in [0.5, 0.6) is 5.75 Å². The molecule has 0 bridgehead atoms. The fraction of sp³-hybridized carbons (Fsp3) is 0.579. The lowest BCUT2D eigenvalue weighted by Crippen LogP contribution is -2.55. The minimum atomic E-state index is -0.249. The van der Waals surface area contributed by atoms with Crippen LogP contribution in [0.4, 0.5) is 0 Å². The molecule has 2 saturated heterocycles. The van der Waals surface area contributed by atoms with E-state index in [1.165, 1.54) is 0 Å². The van der Waals surface area contributed by atoms with Crippen molar-refractivity contribution in [1.29, 1.82) is 5.26 Å². The number of nitrogens with one attached hydrogen (secondary N) is 3. The van der Waals surface area contributed by atoms with E-state index in [-0.39, 0.29) is 24.1 Å². The number of hydrogen-bond acceptors (Lipinski definition) is 6. The quantitative estimate of drug-likeness (QED) is 0.708. The van der Waals surface area contributed by atoms with Gasteiger partial charge in [0.2, 0.25) is 5.91 Å². The van der Waals surface area contributed by atoms with Crippen molar-refractivity contribution in [2.75, 3.05) is 13.2 Å². The van der Waals surface area contributed by atoms with Crippen LogP contribution in [-0.4, -0.2) is 43.4 Å². The van der Waals surface area contributed by atoms with Crippen molar-refractivity contribution in [2.24, 2.45) is 0 Å². The molecule has 1 amide bonds.